The molecule has 1 fully saturated rings. The second-order valence-electron chi connectivity index (χ2n) is 6.87. The second kappa shape index (κ2) is 7.63. The van der Waals surface area contributed by atoms with E-state index in [9.17, 15) is 14.4 Å². The molecule has 0 aliphatic carbocycles. The van der Waals surface area contributed by atoms with Crippen molar-refractivity contribution in [2.75, 3.05) is 10.2 Å². The summed E-state index contributed by atoms with van der Waals surface area (Å²) in [7, 11) is 0. The van der Waals surface area contributed by atoms with Crippen molar-refractivity contribution >= 4 is 29.2 Å². The third kappa shape index (κ3) is 3.75. The van der Waals surface area contributed by atoms with Crippen LogP contribution in [-0.4, -0.2) is 28.5 Å². The predicted octanol–water partition coefficient (Wildman–Crippen LogP) is 3.23. The van der Waals surface area contributed by atoms with Gasteiger partial charge in [0.25, 0.3) is 11.8 Å². The monoisotopic (exact) mass is 388 g/mol. The summed E-state index contributed by atoms with van der Waals surface area (Å²) in [6.45, 7) is 2.35. The van der Waals surface area contributed by atoms with Crippen LogP contribution < -0.4 is 15.5 Å². The van der Waals surface area contributed by atoms with Crippen LogP contribution in [0.25, 0.3) is 0 Å². The van der Waals surface area contributed by atoms with Gasteiger partial charge in [0, 0.05) is 24.5 Å². The van der Waals surface area contributed by atoms with Crippen LogP contribution in [0.4, 0.5) is 16.2 Å². The largest absolute Gasteiger partial charge is 0.350 e. The van der Waals surface area contributed by atoms with Crippen LogP contribution in [0.5, 0.6) is 0 Å². The molecule has 4 rings (SSSR count). The van der Waals surface area contributed by atoms with E-state index in [0.717, 1.165) is 17.0 Å². The molecule has 29 heavy (non-hydrogen) atoms. The zero-order chi connectivity index (χ0) is 20.4. The Labute approximate surface area is 167 Å². The van der Waals surface area contributed by atoms with Gasteiger partial charge in [-0.05, 0) is 48.9 Å². The van der Waals surface area contributed by atoms with Crippen molar-refractivity contribution in [2.24, 2.45) is 0 Å². The van der Waals surface area contributed by atoms with Gasteiger partial charge in [0.05, 0.1) is 11.4 Å². The number of carbonyl (C=O) groups is 3. The van der Waals surface area contributed by atoms with Crippen LogP contribution >= 0.6 is 0 Å². The SMILES string of the molecule is CC1NC(=O)N(c2ccccc2NC(=O)c2ccc(Cn3cccc3)cc2)C1=O. The Morgan fingerprint density at radius 1 is 1.00 bits per heavy atom. The number of hydrogen-bond donors (Lipinski definition) is 2. The molecule has 0 bridgehead atoms. The van der Waals surface area contributed by atoms with E-state index in [1.807, 2.05) is 41.2 Å². The number of nitrogens with one attached hydrogen (secondary N) is 2. The maximum atomic E-state index is 12.7. The van der Waals surface area contributed by atoms with Gasteiger partial charge < -0.3 is 15.2 Å². The van der Waals surface area contributed by atoms with Crippen molar-refractivity contribution in [1.82, 2.24) is 9.88 Å². The summed E-state index contributed by atoms with van der Waals surface area (Å²) in [4.78, 5) is 38.2. The summed E-state index contributed by atoms with van der Waals surface area (Å²) in [5.74, 6) is -0.670. The number of amides is 4. The van der Waals surface area contributed by atoms with Crippen LogP contribution in [0.15, 0.2) is 73.1 Å². The Kier molecular flexibility index (Phi) is 4.87. The van der Waals surface area contributed by atoms with Gasteiger partial charge in [-0.3, -0.25) is 9.59 Å². The van der Waals surface area contributed by atoms with Gasteiger partial charge >= 0.3 is 6.03 Å². The van der Waals surface area contributed by atoms with Crippen molar-refractivity contribution < 1.29 is 14.4 Å². The third-order valence-corrected chi connectivity index (χ3v) is 4.77. The molecule has 2 heterocycles. The molecular weight excluding hydrogens is 368 g/mol. The first kappa shape index (κ1) is 18.5. The van der Waals surface area contributed by atoms with E-state index >= 15 is 0 Å². The highest BCUT2D eigenvalue weighted by molar-refractivity contribution is 6.23. The molecule has 1 saturated heterocycles. The molecular formula is C22H20N4O3. The molecule has 1 aromatic heterocycles. The van der Waals surface area contributed by atoms with E-state index in [4.69, 9.17) is 0 Å². The highest BCUT2D eigenvalue weighted by Crippen LogP contribution is 2.29. The maximum Gasteiger partial charge on any atom is 0.329 e. The standard InChI is InChI=1S/C22H20N4O3/c1-15-21(28)26(22(29)23-15)19-7-3-2-6-18(19)24-20(27)17-10-8-16(9-11-17)14-25-12-4-5-13-25/h2-13,15H,14H2,1H3,(H,23,29)(H,24,27). The molecule has 0 saturated carbocycles. The number of carbonyl (C=O) groups excluding carboxylic acids is 3. The molecule has 146 valence electrons. The Balaban J connectivity index is 1.52. The van der Waals surface area contributed by atoms with Gasteiger partial charge in [-0.1, -0.05) is 24.3 Å². The third-order valence-electron chi connectivity index (χ3n) is 4.77. The molecule has 1 aliphatic rings. The van der Waals surface area contributed by atoms with Gasteiger partial charge in [-0.15, -0.1) is 0 Å². The Morgan fingerprint density at radius 2 is 1.69 bits per heavy atom. The van der Waals surface area contributed by atoms with E-state index in [1.165, 1.54) is 0 Å². The fourth-order valence-corrected chi connectivity index (χ4v) is 3.25. The molecule has 1 aliphatic heterocycles. The number of hydrogen-bond acceptors (Lipinski definition) is 3. The number of nitrogens with zero attached hydrogens (tertiary/aromatic N) is 2. The first-order valence-corrected chi connectivity index (χ1v) is 9.27. The number of benzene rings is 2. The van der Waals surface area contributed by atoms with Gasteiger partial charge in [0.2, 0.25) is 0 Å². The number of para-hydroxylation sites is 2. The zero-order valence-electron chi connectivity index (χ0n) is 15.8. The number of anilines is 2. The highest BCUT2D eigenvalue weighted by Gasteiger charge is 2.37. The average molecular weight is 388 g/mol. The first-order chi connectivity index (χ1) is 14.0. The van der Waals surface area contributed by atoms with Crippen molar-refractivity contribution in [3.63, 3.8) is 0 Å². The number of urea groups is 1. The van der Waals surface area contributed by atoms with Crippen LogP contribution in [0.1, 0.15) is 22.8 Å². The maximum absolute atomic E-state index is 12.7. The molecule has 7 nitrogen and oxygen atoms in total. The first-order valence-electron chi connectivity index (χ1n) is 9.27. The second-order valence-corrected chi connectivity index (χ2v) is 6.87. The molecule has 1 unspecified atom stereocenters. The molecule has 4 amide bonds. The Morgan fingerprint density at radius 3 is 2.34 bits per heavy atom. The fourth-order valence-electron chi connectivity index (χ4n) is 3.25. The molecule has 2 aromatic carbocycles. The fraction of sp³-hybridized carbons (Fsp3) is 0.136. The number of aromatic nitrogens is 1. The summed E-state index contributed by atoms with van der Waals surface area (Å²) in [5.41, 5.74) is 2.30. The lowest BCUT2D eigenvalue weighted by atomic mass is 10.1. The van der Waals surface area contributed by atoms with E-state index in [2.05, 4.69) is 10.6 Å². The minimum atomic E-state index is -0.598. The van der Waals surface area contributed by atoms with Crippen molar-refractivity contribution in [3.05, 3.63) is 84.2 Å². The minimum Gasteiger partial charge on any atom is -0.350 e. The van der Waals surface area contributed by atoms with E-state index < -0.39 is 12.1 Å². The lowest BCUT2D eigenvalue weighted by Gasteiger charge is -2.17. The van der Waals surface area contributed by atoms with Crippen LogP contribution in [0.3, 0.4) is 0 Å². The minimum absolute atomic E-state index is 0.315. The zero-order valence-corrected chi connectivity index (χ0v) is 15.8. The van der Waals surface area contributed by atoms with E-state index in [0.29, 0.717) is 16.9 Å². The van der Waals surface area contributed by atoms with Gasteiger partial charge in [-0.25, -0.2) is 9.69 Å². The summed E-state index contributed by atoms with van der Waals surface area (Å²) in [6, 6.07) is 16.9. The normalized spacial score (nSPS) is 16.0. The lowest BCUT2D eigenvalue weighted by molar-refractivity contribution is -0.117. The van der Waals surface area contributed by atoms with Gasteiger partial charge in [0.1, 0.15) is 6.04 Å². The van der Waals surface area contributed by atoms with Gasteiger partial charge in [0.15, 0.2) is 0 Å². The number of rotatable bonds is 5. The van der Waals surface area contributed by atoms with E-state index in [-0.39, 0.29) is 11.8 Å². The summed E-state index contributed by atoms with van der Waals surface area (Å²) in [6.07, 6.45) is 3.96. The summed E-state index contributed by atoms with van der Waals surface area (Å²) < 4.78 is 2.05. The molecule has 3 aromatic rings. The van der Waals surface area contributed by atoms with Crippen LogP contribution in [-0.2, 0) is 11.3 Å². The van der Waals surface area contributed by atoms with Crippen molar-refractivity contribution in [2.45, 2.75) is 19.5 Å². The predicted molar refractivity (Wildman–Crippen MR) is 110 cm³/mol. The van der Waals surface area contributed by atoms with Crippen molar-refractivity contribution in [3.8, 4) is 0 Å². The smallest absolute Gasteiger partial charge is 0.329 e. The molecule has 7 heteroatoms. The highest BCUT2D eigenvalue weighted by atomic mass is 16.2. The van der Waals surface area contributed by atoms with Gasteiger partial charge in [-0.2, -0.15) is 0 Å². The number of imide groups is 1. The Hall–Kier alpha value is -3.87. The van der Waals surface area contributed by atoms with Crippen LogP contribution in [0, 0.1) is 0 Å². The van der Waals surface area contributed by atoms with E-state index in [1.54, 1.807) is 43.3 Å². The average Bonchev–Trinajstić information content (AvgIpc) is 3.31. The quantitative estimate of drug-likeness (QED) is 0.658. The van der Waals surface area contributed by atoms with Crippen LogP contribution in [0.2, 0.25) is 0 Å². The van der Waals surface area contributed by atoms with Crippen molar-refractivity contribution in [1.29, 1.82) is 0 Å². The summed E-state index contributed by atoms with van der Waals surface area (Å²) >= 11 is 0. The molecule has 0 spiro atoms. The lowest BCUT2D eigenvalue weighted by Crippen LogP contribution is -2.32. The topological polar surface area (TPSA) is 83.4 Å². The Bertz CT molecular complexity index is 1060. The molecule has 2 N–H and O–H groups in total. The molecule has 1 atom stereocenters. The summed E-state index contributed by atoms with van der Waals surface area (Å²) in [5, 5.41) is 5.38. The molecule has 0 radical (unpaired) electrons.